The molecule has 0 amide bonds. The fourth-order valence-corrected chi connectivity index (χ4v) is 6.18. The van der Waals surface area contributed by atoms with Crippen LogP contribution < -0.4 is 16.0 Å². The van der Waals surface area contributed by atoms with E-state index < -0.39 is 5.60 Å². The molecule has 3 aliphatic carbocycles. The van der Waals surface area contributed by atoms with Crippen LogP contribution in [0.1, 0.15) is 64.1 Å². The molecule has 176 valence electrons. The van der Waals surface area contributed by atoms with Gasteiger partial charge in [-0.05, 0) is 64.5 Å². The van der Waals surface area contributed by atoms with E-state index in [0.29, 0.717) is 17.3 Å². The normalized spacial score (nSPS) is 30.2. The summed E-state index contributed by atoms with van der Waals surface area (Å²) in [6, 6.07) is 4.52. The molecule has 5 aliphatic rings. The number of aromatic nitrogens is 3. The summed E-state index contributed by atoms with van der Waals surface area (Å²) < 4.78 is 0. The molecule has 1 atom stereocenters. The van der Waals surface area contributed by atoms with Crippen LogP contribution >= 0.6 is 0 Å². The van der Waals surface area contributed by atoms with Crippen molar-refractivity contribution in [3.05, 3.63) is 35.9 Å². The molecular weight excluding hydrogens is 414 g/mol. The molecular formula is C25H35N7O. The van der Waals surface area contributed by atoms with Crippen LogP contribution in [0.5, 0.6) is 0 Å². The van der Waals surface area contributed by atoms with E-state index in [1.165, 1.54) is 32.5 Å². The van der Waals surface area contributed by atoms with E-state index in [4.69, 9.17) is 10.4 Å². The highest BCUT2D eigenvalue weighted by molar-refractivity contribution is 5.87. The van der Waals surface area contributed by atoms with Gasteiger partial charge in [0.2, 0.25) is 0 Å². The molecule has 0 radical (unpaired) electrons. The van der Waals surface area contributed by atoms with E-state index in [2.05, 4.69) is 38.9 Å². The number of hydrogen-bond donors (Lipinski definition) is 4. The summed E-state index contributed by atoms with van der Waals surface area (Å²) in [6.45, 7) is 6.98. The van der Waals surface area contributed by atoms with Crippen LogP contribution in [0.2, 0.25) is 0 Å². The van der Waals surface area contributed by atoms with Gasteiger partial charge in [0.05, 0.1) is 11.3 Å². The van der Waals surface area contributed by atoms with Crippen LogP contribution in [-0.2, 0) is 5.41 Å². The molecule has 8 heteroatoms. The van der Waals surface area contributed by atoms with E-state index in [0.717, 1.165) is 42.1 Å². The summed E-state index contributed by atoms with van der Waals surface area (Å²) in [4.78, 5) is 16.0. The average molecular weight is 450 g/mol. The molecule has 8 nitrogen and oxygen atoms in total. The maximum atomic E-state index is 10.6. The molecule has 2 aliphatic heterocycles. The minimum atomic E-state index is -0.684. The van der Waals surface area contributed by atoms with Crippen LogP contribution in [0.15, 0.2) is 24.7 Å². The number of fused-ring (bicyclic) bond motifs is 1. The van der Waals surface area contributed by atoms with Gasteiger partial charge in [-0.2, -0.15) is 0 Å². The van der Waals surface area contributed by atoms with Gasteiger partial charge in [-0.25, -0.2) is 9.97 Å². The van der Waals surface area contributed by atoms with Gasteiger partial charge in [0.15, 0.2) is 0 Å². The van der Waals surface area contributed by atoms with E-state index >= 15 is 0 Å². The topological polar surface area (TPSA) is 124 Å². The van der Waals surface area contributed by atoms with Gasteiger partial charge in [-0.3, -0.25) is 4.98 Å². The largest absolute Gasteiger partial charge is 0.390 e. The third-order valence-electron chi connectivity index (χ3n) is 8.92. The van der Waals surface area contributed by atoms with Gasteiger partial charge in [0.25, 0.3) is 0 Å². The Morgan fingerprint density at radius 2 is 1.94 bits per heavy atom. The first-order valence-electron chi connectivity index (χ1n) is 11.9. The Balaban J connectivity index is 0.00000111. The zero-order valence-electron chi connectivity index (χ0n) is 20.0. The molecule has 0 unspecified atom stereocenters. The third kappa shape index (κ3) is 3.26. The number of nitrogens with zero attached hydrogens (tertiary/aromatic N) is 4. The molecule has 7 rings (SSSR count). The van der Waals surface area contributed by atoms with Gasteiger partial charge < -0.3 is 26.5 Å². The van der Waals surface area contributed by atoms with Crippen molar-refractivity contribution < 1.29 is 5.11 Å². The van der Waals surface area contributed by atoms with Crippen molar-refractivity contribution in [1.29, 1.82) is 5.41 Å². The standard InChI is InChI=1S/C24H30N6O.CH5N/c1-21(2,31)24-8-16(9-24)30(13-24)20-7-19(27-14-28-20)29-17-6-18(26-11-15(17)10-25)22(3)12-23(22)4-5-23;1-2/h6-7,10-11,14,16,25,31H,4-5,8-9,12-13H2,1-3H3,(H,26,27,28,29);2H2,1H3/t16?,22-,24?;/m0./s1. The van der Waals surface area contributed by atoms with Crippen LogP contribution in [0, 0.1) is 16.2 Å². The Morgan fingerprint density at radius 1 is 1.21 bits per heavy atom. The zero-order valence-corrected chi connectivity index (χ0v) is 20.0. The fourth-order valence-electron chi connectivity index (χ4n) is 6.18. The van der Waals surface area contributed by atoms with Crippen molar-refractivity contribution >= 4 is 23.5 Å². The second-order valence-electron chi connectivity index (χ2n) is 11.0. The lowest BCUT2D eigenvalue weighted by Gasteiger charge is -2.45. The van der Waals surface area contributed by atoms with E-state index in [-0.39, 0.29) is 10.8 Å². The lowest BCUT2D eigenvalue weighted by atomic mass is 9.61. The lowest BCUT2D eigenvalue weighted by Crippen LogP contribution is -2.50. The second-order valence-corrected chi connectivity index (χ2v) is 11.0. The van der Waals surface area contributed by atoms with E-state index in [1.54, 1.807) is 12.5 Å². The Kier molecular flexibility index (Phi) is 4.85. The van der Waals surface area contributed by atoms with Gasteiger partial charge in [0.1, 0.15) is 18.0 Å². The van der Waals surface area contributed by atoms with Crippen LogP contribution in [-0.4, -0.2) is 51.5 Å². The number of nitrogens with two attached hydrogens (primary N) is 1. The predicted molar refractivity (Wildman–Crippen MR) is 130 cm³/mol. The molecule has 33 heavy (non-hydrogen) atoms. The molecule has 3 saturated carbocycles. The van der Waals surface area contributed by atoms with Crippen molar-refractivity contribution in [2.45, 2.75) is 69.9 Å². The number of pyridine rings is 1. The summed E-state index contributed by atoms with van der Waals surface area (Å²) in [6.07, 6.45) is 10.6. The Bertz CT molecular complexity index is 1080. The Labute approximate surface area is 195 Å². The summed E-state index contributed by atoms with van der Waals surface area (Å²) in [5, 5.41) is 21.9. The third-order valence-corrected chi connectivity index (χ3v) is 8.92. The summed E-state index contributed by atoms with van der Waals surface area (Å²) >= 11 is 0. The first-order chi connectivity index (χ1) is 15.7. The van der Waals surface area contributed by atoms with Crippen molar-refractivity contribution in [2.75, 3.05) is 23.8 Å². The second kappa shape index (κ2) is 7.21. The first-order valence-corrected chi connectivity index (χ1v) is 11.9. The Morgan fingerprint density at radius 3 is 2.52 bits per heavy atom. The highest BCUT2D eigenvalue weighted by atomic mass is 16.3. The summed E-state index contributed by atoms with van der Waals surface area (Å²) in [5.41, 5.74) is 7.16. The summed E-state index contributed by atoms with van der Waals surface area (Å²) in [5.74, 6) is 1.61. The maximum Gasteiger partial charge on any atom is 0.135 e. The number of aliphatic hydroxyl groups is 1. The van der Waals surface area contributed by atoms with Gasteiger partial charge >= 0.3 is 0 Å². The minimum Gasteiger partial charge on any atom is -0.390 e. The molecule has 5 N–H and O–H groups in total. The van der Waals surface area contributed by atoms with Crippen molar-refractivity contribution in [3.63, 3.8) is 0 Å². The van der Waals surface area contributed by atoms with Gasteiger partial charge in [-0.1, -0.05) is 6.92 Å². The SMILES string of the molecule is CC(C)(O)C12CC(C1)N(c1cc(Nc3cc([C@]4(C)CC45CC5)ncc3C=N)ncn1)C2.CN. The highest BCUT2D eigenvalue weighted by Gasteiger charge is 2.72. The van der Waals surface area contributed by atoms with Crippen molar-refractivity contribution in [3.8, 4) is 0 Å². The molecule has 1 spiro atoms. The maximum absolute atomic E-state index is 10.6. The number of nitrogens with one attached hydrogen (secondary N) is 2. The van der Waals surface area contributed by atoms with Crippen LogP contribution in [0.3, 0.4) is 0 Å². The molecule has 2 bridgehead atoms. The molecule has 5 fully saturated rings. The highest BCUT2D eigenvalue weighted by Crippen LogP contribution is 2.78. The minimum absolute atomic E-state index is 0.0396. The van der Waals surface area contributed by atoms with Crippen molar-refractivity contribution in [1.82, 2.24) is 15.0 Å². The first kappa shape index (κ1) is 22.2. The molecule has 2 saturated heterocycles. The number of anilines is 3. The van der Waals surface area contributed by atoms with Crippen LogP contribution in [0.4, 0.5) is 17.3 Å². The molecule has 0 aromatic carbocycles. The smallest absolute Gasteiger partial charge is 0.135 e. The van der Waals surface area contributed by atoms with Crippen LogP contribution in [0.25, 0.3) is 0 Å². The zero-order chi connectivity index (χ0) is 23.6. The molecule has 4 heterocycles. The van der Waals surface area contributed by atoms with Gasteiger partial charge in [0, 0.05) is 53.2 Å². The predicted octanol–water partition coefficient (Wildman–Crippen LogP) is 3.37. The number of hydrogen-bond acceptors (Lipinski definition) is 8. The fraction of sp³-hybridized carbons (Fsp3) is 0.600. The quantitative estimate of drug-likeness (QED) is 0.498. The lowest BCUT2D eigenvalue weighted by molar-refractivity contribution is -0.0754. The van der Waals surface area contributed by atoms with E-state index in [9.17, 15) is 5.11 Å². The number of rotatable bonds is 6. The molecule has 2 aromatic heterocycles. The Hall–Kier alpha value is -2.58. The summed E-state index contributed by atoms with van der Waals surface area (Å²) in [7, 11) is 1.50. The van der Waals surface area contributed by atoms with Gasteiger partial charge in [-0.15, -0.1) is 0 Å². The monoisotopic (exact) mass is 449 g/mol. The molecule has 2 aromatic rings. The average Bonchev–Trinajstić information content (AvgIpc) is 3.55. The van der Waals surface area contributed by atoms with E-state index in [1.807, 2.05) is 19.9 Å². The van der Waals surface area contributed by atoms with Crippen molar-refractivity contribution in [2.24, 2.45) is 16.6 Å².